The number of carbonyl (C=O) groups is 3. The molecule has 2 aliphatic rings. The second-order valence-electron chi connectivity index (χ2n) is 7.40. The van der Waals surface area contributed by atoms with E-state index < -0.39 is 0 Å². The molecule has 2 fully saturated rings. The Kier molecular flexibility index (Phi) is 6.41. The average Bonchev–Trinajstić information content (AvgIpc) is 3.49. The zero-order chi connectivity index (χ0) is 20.9. The van der Waals surface area contributed by atoms with Crippen LogP contribution in [0.3, 0.4) is 0 Å². The van der Waals surface area contributed by atoms with E-state index in [2.05, 4.69) is 20.9 Å². The third-order valence-electron chi connectivity index (χ3n) is 4.92. The number of hydrogen-bond acceptors (Lipinski definition) is 6. The Morgan fingerprint density at radius 3 is 2.27 bits per heavy atom. The van der Waals surface area contributed by atoms with Crippen LogP contribution in [-0.2, 0) is 14.3 Å². The first-order valence-corrected chi connectivity index (χ1v) is 10.8. The van der Waals surface area contributed by atoms with Crippen LogP contribution in [0, 0.1) is 5.92 Å². The maximum Gasteiger partial charge on any atom is 0.265 e. The molecule has 4 rings (SSSR count). The van der Waals surface area contributed by atoms with Gasteiger partial charge >= 0.3 is 0 Å². The molecule has 8 nitrogen and oxygen atoms in total. The molecule has 158 valence electrons. The van der Waals surface area contributed by atoms with Gasteiger partial charge in [0.15, 0.2) is 0 Å². The topological polar surface area (TPSA) is 99.8 Å². The predicted molar refractivity (Wildman–Crippen MR) is 116 cm³/mol. The molecule has 9 heteroatoms. The molecule has 2 aromatic rings. The number of benzene rings is 1. The highest BCUT2D eigenvalue weighted by Gasteiger charge is 2.29. The van der Waals surface area contributed by atoms with Crippen LogP contribution in [-0.4, -0.2) is 55.5 Å². The fraction of sp³-hybridized carbons (Fsp3) is 0.381. The van der Waals surface area contributed by atoms with Crippen molar-refractivity contribution in [2.45, 2.75) is 12.8 Å². The normalized spacial score (nSPS) is 16.7. The second-order valence-corrected chi connectivity index (χ2v) is 8.48. The molecule has 0 atom stereocenters. The summed E-state index contributed by atoms with van der Waals surface area (Å²) < 4.78 is 5.28. The summed E-state index contributed by atoms with van der Waals surface area (Å²) >= 11 is 1.25. The lowest BCUT2D eigenvalue weighted by atomic mass is 10.2. The van der Waals surface area contributed by atoms with Gasteiger partial charge in [-0.15, -0.1) is 11.3 Å². The standard InChI is InChI=1S/C21H24N4O4S/c26-18(13-25-9-11-29-12-10-25)22-15-3-5-16(6-4-15)23-21(28)17-7-8-19(30-17)24-20(27)14-1-2-14/h3-8,14H,1-2,9-13H2,(H,22,26)(H,23,28)(H,24,27). The van der Waals surface area contributed by atoms with E-state index in [-0.39, 0.29) is 23.6 Å². The summed E-state index contributed by atoms with van der Waals surface area (Å²) in [5, 5.41) is 9.22. The molecule has 1 saturated carbocycles. The van der Waals surface area contributed by atoms with Crippen molar-refractivity contribution in [2.75, 3.05) is 48.8 Å². The first-order chi connectivity index (χ1) is 14.6. The van der Waals surface area contributed by atoms with Crippen LogP contribution in [0.25, 0.3) is 0 Å². The Labute approximate surface area is 178 Å². The van der Waals surface area contributed by atoms with Gasteiger partial charge in [0.2, 0.25) is 11.8 Å². The number of nitrogens with one attached hydrogen (secondary N) is 3. The number of ether oxygens (including phenoxy) is 1. The quantitative estimate of drug-likeness (QED) is 0.630. The molecule has 1 aromatic carbocycles. The summed E-state index contributed by atoms with van der Waals surface area (Å²) in [5.74, 6) is -0.170. The molecule has 3 amide bonds. The van der Waals surface area contributed by atoms with Gasteiger partial charge in [0, 0.05) is 30.4 Å². The van der Waals surface area contributed by atoms with Crippen molar-refractivity contribution in [3.63, 3.8) is 0 Å². The number of carbonyl (C=O) groups excluding carboxylic acids is 3. The number of hydrogen-bond donors (Lipinski definition) is 3. The summed E-state index contributed by atoms with van der Waals surface area (Å²) in [6.45, 7) is 3.15. The molecule has 30 heavy (non-hydrogen) atoms. The first-order valence-electron chi connectivity index (χ1n) is 9.99. The van der Waals surface area contributed by atoms with E-state index in [9.17, 15) is 14.4 Å². The Balaban J connectivity index is 1.26. The number of anilines is 3. The molecular weight excluding hydrogens is 404 g/mol. The first kappa shape index (κ1) is 20.5. The molecule has 2 heterocycles. The van der Waals surface area contributed by atoms with E-state index in [1.54, 1.807) is 36.4 Å². The third-order valence-corrected chi connectivity index (χ3v) is 5.92. The summed E-state index contributed by atoms with van der Waals surface area (Å²) in [7, 11) is 0. The van der Waals surface area contributed by atoms with Gasteiger partial charge in [0.05, 0.1) is 29.6 Å². The Morgan fingerprint density at radius 2 is 1.60 bits per heavy atom. The van der Waals surface area contributed by atoms with Gasteiger partial charge in [0.1, 0.15) is 0 Å². The summed E-state index contributed by atoms with van der Waals surface area (Å²) in [5.41, 5.74) is 1.30. The molecule has 1 aliphatic carbocycles. The Morgan fingerprint density at radius 1 is 0.933 bits per heavy atom. The highest BCUT2D eigenvalue weighted by molar-refractivity contribution is 7.18. The van der Waals surface area contributed by atoms with E-state index in [1.807, 2.05) is 0 Å². The van der Waals surface area contributed by atoms with Crippen molar-refractivity contribution in [1.82, 2.24) is 4.90 Å². The second kappa shape index (κ2) is 9.38. The largest absolute Gasteiger partial charge is 0.379 e. The zero-order valence-electron chi connectivity index (χ0n) is 16.5. The number of thiophene rings is 1. The lowest BCUT2D eigenvalue weighted by molar-refractivity contribution is -0.118. The summed E-state index contributed by atoms with van der Waals surface area (Å²) in [6.07, 6.45) is 1.88. The minimum absolute atomic E-state index is 0.0232. The van der Waals surface area contributed by atoms with E-state index in [0.29, 0.717) is 41.0 Å². The van der Waals surface area contributed by atoms with Crippen LogP contribution in [0.2, 0.25) is 0 Å². The molecule has 0 bridgehead atoms. The molecule has 3 N–H and O–H groups in total. The average molecular weight is 429 g/mol. The van der Waals surface area contributed by atoms with Crippen molar-refractivity contribution in [3.05, 3.63) is 41.3 Å². The smallest absolute Gasteiger partial charge is 0.265 e. The van der Waals surface area contributed by atoms with Crippen LogP contribution < -0.4 is 16.0 Å². The molecule has 1 aliphatic heterocycles. The SMILES string of the molecule is O=C(CN1CCOCC1)Nc1ccc(NC(=O)c2ccc(NC(=O)C3CC3)s2)cc1. The molecule has 0 radical (unpaired) electrons. The number of rotatable bonds is 7. The van der Waals surface area contributed by atoms with Gasteiger partial charge in [-0.2, -0.15) is 0 Å². The zero-order valence-corrected chi connectivity index (χ0v) is 17.3. The van der Waals surface area contributed by atoms with Gasteiger partial charge in [-0.3, -0.25) is 19.3 Å². The van der Waals surface area contributed by atoms with Crippen molar-refractivity contribution < 1.29 is 19.1 Å². The summed E-state index contributed by atoms with van der Waals surface area (Å²) in [6, 6.07) is 10.4. The molecular formula is C21H24N4O4S. The van der Waals surface area contributed by atoms with Crippen LogP contribution in [0.15, 0.2) is 36.4 Å². The van der Waals surface area contributed by atoms with E-state index in [4.69, 9.17) is 4.74 Å². The van der Waals surface area contributed by atoms with Gasteiger partial charge < -0.3 is 20.7 Å². The van der Waals surface area contributed by atoms with Gasteiger partial charge in [-0.25, -0.2) is 0 Å². The van der Waals surface area contributed by atoms with Gasteiger partial charge in [-0.05, 0) is 49.2 Å². The fourth-order valence-electron chi connectivity index (χ4n) is 3.09. The van der Waals surface area contributed by atoms with Crippen molar-refractivity contribution in [2.24, 2.45) is 5.92 Å². The minimum Gasteiger partial charge on any atom is -0.379 e. The van der Waals surface area contributed by atoms with Crippen LogP contribution in [0.1, 0.15) is 22.5 Å². The van der Waals surface area contributed by atoms with Crippen molar-refractivity contribution in [3.8, 4) is 0 Å². The van der Waals surface area contributed by atoms with E-state index in [0.717, 1.165) is 25.9 Å². The third kappa shape index (κ3) is 5.65. The van der Waals surface area contributed by atoms with Crippen LogP contribution in [0.5, 0.6) is 0 Å². The van der Waals surface area contributed by atoms with E-state index >= 15 is 0 Å². The lowest BCUT2D eigenvalue weighted by Gasteiger charge is -2.25. The Bertz CT molecular complexity index is 917. The van der Waals surface area contributed by atoms with Crippen LogP contribution >= 0.6 is 11.3 Å². The predicted octanol–water partition coefficient (Wildman–Crippen LogP) is 2.62. The maximum absolute atomic E-state index is 12.4. The van der Waals surface area contributed by atoms with Gasteiger partial charge in [0.25, 0.3) is 5.91 Å². The monoisotopic (exact) mass is 428 g/mol. The number of nitrogens with zero attached hydrogens (tertiary/aromatic N) is 1. The lowest BCUT2D eigenvalue weighted by Crippen LogP contribution is -2.41. The maximum atomic E-state index is 12.4. The summed E-state index contributed by atoms with van der Waals surface area (Å²) in [4.78, 5) is 39.0. The fourth-order valence-corrected chi connectivity index (χ4v) is 3.89. The number of morpholine rings is 1. The van der Waals surface area contributed by atoms with Gasteiger partial charge in [-0.1, -0.05) is 0 Å². The molecule has 1 saturated heterocycles. The highest BCUT2D eigenvalue weighted by atomic mass is 32.1. The number of amides is 3. The molecule has 1 aromatic heterocycles. The van der Waals surface area contributed by atoms with Crippen molar-refractivity contribution in [1.29, 1.82) is 0 Å². The van der Waals surface area contributed by atoms with E-state index in [1.165, 1.54) is 11.3 Å². The molecule has 0 spiro atoms. The van der Waals surface area contributed by atoms with Crippen LogP contribution in [0.4, 0.5) is 16.4 Å². The van der Waals surface area contributed by atoms with Crippen molar-refractivity contribution >= 4 is 45.4 Å². The molecule has 0 unspecified atom stereocenters. The Hall–Kier alpha value is -2.75. The minimum atomic E-state index is -0.240. The highest BCUT2D eigenvalue weighted by Crippen LogP contribution is 2.31.